The molecule has 0 bridgehead atoms. The van der Waals surface area contributed by atoms with Gasteiger partial charge in [-0.3, -0.25) is 14.6 Å². The Bertz CT molecular complexity index is 886. The standard InChI is InChI=1S/C16H15N3O5/c1-9-6-10-4-2-3-5-12(10)19(9)14(21)8-24-15(22)11-7-13(20)18-16(23)17-11/h2-5,7,9H,6,8H2,1H3,(H2,17,18,20,23)/t9-/m1/s1. The van der Waals surface area contributed by atoms with E-state index in [0.717, 1.165) is 23.7 Å². The number of hydrogen-bond donors (Lipinski definition) is 2. The minimum Gasteiger partial charge on any atom is -0.451 e. The van der Waals surface area contributed by atoms with E-state index >= 15 is 0 Å². The van der Waals surface area contributed by atoms with Crippen LogP contribution in [0.5, 0.6) is 0 Å². The summed E-state index contributed by atoms with van der Waals surface area (Å²) in [4.78, 5) is 52.3. The normalized spacial score (nSPS) is 15.9. The van der Waals surface area contributed by atoms with E-state index in [2.05, 4.69) is 4.98 Å². The highest BCUT2D eigenvalue weighted by molar-refractivity contribution is 5.98. The number of hydrogen-bond acceptors (Lipinski definition) is 5. The number of ether oxygens (including phenoxy) is 1. The van der Waals surface area contributed by atoms with Gasteiger partial charge >= 0.3 is 11.7 Å². The van der Waals surface area contributed by atoms with E-state index in [0.29, 0.717) is 0 Å². The van der Waals surface area contributed by atoms with Crippen molar-refractivity contribution in [1.82, 2.24) is 9.97 Å². The Balaban J connectivity index is 1.71. The molecule has 1 aromatic heterocycles. The number of H-pyrrole nitrogens is 2. The lowest BCUT2D eigenvalue weighted by molar-refractivity contribution is -0.122. The molecule has 3 rings (SSSR count). The van der Waals surface area contributed by atoms with Crippen molar-refractivity contribution in [2.24, 2.45) is 0 Å². The lowest BCUT2D eigenvalue weighted by Crippen LogP contribution is -2.39. The Morgan fingerprint density at radius 2 is 2.00 bits per heavy atom. The van der Waals surface area contributed by atoms with E-state index in [-0.39, 0.29) is 17.6 Å². The number of anilines is 1. The van der Waals surface area contributed by atoms with Crippen LogP contribution in [0, 0.1) is 0 Å². The van der Waals surface area contributed by atoms with Crippen molar-refractivity contribution in [2.75, 3.05) is 11.5 Å². The van der Waals surface area contributed by atoms with Crippen molar-refractivity contribution in [1.29, 1.82) is 0 Å². The third-order valence-corrected chi connectivity index (χ3v) is 3.78. The first-order valence-electron chi connectivity index (χ1n) is 7.36. The monoisotopic (exact) mass is 329 g/mol. The maximum Gasteiger partial charge on any atom is 0.355 e. The number of aromatic nitrogens is 2. The molecule has 24 heavy (non-hydrogen) atoms. The number of nitrogens with zero attached hydrogens (tertiary/aromatic N) is 1. The fourth-order valence-electron chi connectivity index (χ4n) is 2.80. The number of para-hydroxylation sites is 1. The smallest absolute Gasteiger partial charge is 0.355 e. The number of aromatic amines is 2. The molecular formula is C16H15N3O5. The molecule has 0 aliphatic carbocycles. The number of carbonyl (C=O) groups excluding carboxylic acids is 2. The summed E-state index contributed by atoms with van der Waals surface area (Å²) >= 11 is 0. The summed E-state index contributed by atoms with van der Waals surface area (Å²) in [5.74, 6) is -1.31. The largest absolute Gasteiger partial charge is 0.451 e. The minimum atomic E-state index is -0.938. The van der Waals surface area contributed by atoms with Crippen LogP contribution >= 0.6 is 0 Å². The summed E-state index contributed by atoms with van der Waals surface area (Å²) in [6.45, 7) is 1.43. The first-order valence-corrected chi connectivity index (χ1v) is 7.36. The second-order valence-electron chi connectivity index (χ2n) is 5.52. The molecule has 0 spiro atoms. The molecule has 0 radical (unpaired) electrons. The number of nitrogens with one attached hydrogen (secondary N) is 2. The maximum absolute atomic E-state index is 12.4. The van der Waals surface area contributed by atoms with E-state index in [1.165, 1.54) is 0 Å². The lowest BCUT2D eigenvalue weighted by atomic mass is 10.1. The number of esters is 1. The van der Waals surface area contributed by atoms with Gasteiger partial charge in [0.2, 0.25) is 0 Å². The molecular weight excluding hydrogens is 314 g/mol. The quantitative estimate of drug-likeness (QED) is 0.781. The van der Waals surface area contributed by atoms with Crippen LogP contribution in [0.2, 0.25) is 0 Å². The van der Waals surface area contributed by atoms with Crippen LogP contribution in [0.15, 0.2) is 39.9 Å². The van der Waals surface area contributed by atoms with Crippen LogP contribution in [0.25, 0.3) is 0 Å². The highest BCUT2D eigenvalue weighted by Gasteiger charge is 2.31. The van der Waals surface area contributed by atoms with Gasteiger partial charge in [-0.05, 0) is 25.0 Å². The second-order valence-corrected chi connectivity index (χ2v) is 5.52. The van der Waals surface area contributed by atoms with Gasteiger partial charge in [0.15, 0.2) is 6.61 Å². The van der Waals surface area contributed by atoms with Gasteiger partial charge in [-0.25, -0.2) is 9.59 Å². The van der Waals surface area contributed by atoms with Crippen LogP contribution in [0.1, 0.15) is 23.0 Å². The average molecular weight is 329 g/mol. The first-order chi connectivity index (χ1) is 11.5. The maximum atomic E-state index is 12.4. The summed E-state index contributed by atoms with van der Waals surface area (Å²) in [5.41, 5.74) is 0.0209. The van der Waals surface area contributed by atoms with Crippen molar-refractivity contribution >= 4 is 17.6 Å². The van der Waals surface area contributed by atoms with Crippen LogP contribution in [0.3, 0.4) is 0 Å². The van der Waals surface area contributed by atoms with E-state index in [9.17, 15) is 19.2 Å². The average Bonchev–Trinajstić information content (AvgIpc) is 2.87. The molecule has 2 aromatic rings. The number of amides is 1. The Hall–Kier alpha value is -3.16. The molecule has 1 aliphatic heterocycles. The van der Waals surface area contributed by atoms with Gasteiger partial charge in [0.05, 0.1) is 0 Å². The van der Waals surface area contributed by atoms with E-state index in [1.807, 2.05) is 36.2 Å². The molecule has 0 saturated carbocycles. The summed E-state index contributed by atoms with van der Waals surface area (Å²) in [6, 6.07) is 8.40. The second kappa shape index (κ2) is 6.15. The third kappa shape index (κ3) is 2.98. The topological polar surface area (TPSA) is 112 Å². The van der Waals surface area contributed by atoms with Gasteiger partial charge in [0.25, 0.3) is 11.5 Å². The van der Waals surface area contributed by atoms with Gasteiger partial charge < -0.3 is 14.6 Å². The molecule has 8 nitrogen and oxygen atoms in total. The van der Waals surface area contributed by atoms with E-state index < -0.39 is 23.8 Å². The SMILES string of the molecule is C[C@@H]1Cc2ccccc2N1C(=O)COC(=O)c1cc(=O)[nH]c(=O)[nH]1. The first kappa shape index (κ1) is 15.7. The Morgan fingerprint density at radius 1 is 1.25 bits per heavy atom. The summed E-state index contributed by atoms with van der Waals surface area (Å²) in [5, 5.41) is 0. The van der Waals surface area contributed by atoms with Crippen molar-refractivity contribution in [2.45, 2.75) is 19.4 Å². The number of fused-ring (bicyclic) bond motifs is 1. The Morgan fingerprint density at radius 3 is 2.75 bits per heavy atom. The molecule has 0 saturated heterocycles. The predicted molar refractivity (Wildman–Crippen MR) is 85.1 cm³/mol. The fraction of sp³-hybridized carbons (Fsp3) is 0.250. The zero-order chi connectivity index (χ0) is 17.3. The summed E-state index contributed by atoms with van der Waals surface area (Å²) in [7, 11) is 0. The Kier molecular flexibility index (Phi) is 4.03. The van der Waals surface area contributed by atoms with Crippen molar-refractivity contribution in [3.8, 4) is 0 Å². The number of rotatable bonds is 3. The van der Waals surface area contributed by atoms with Gasteiger partial charge in [-0.1, -0.05) is 18.2 Å². The summed E-state index contributed by atoms with van der Waals surface area (Å²) < 4.78 is 4.92. The molecule has 1 amide bonds. The van der Waals surface area contributed by atoms with E-state index in [1.54, 1.807) is 4.90 Å². The van der Waals surface area contributed by atoms with Gasteiger partial charge in [0, 0.05) is 17.8 Å². The van der Waals surface area contributed by atoms with Gasteiger partial charge in [-0.2, -0.15) is 0 Å². The molecule has 2 N–H and O–H groups in total. The predicted octanol–water partition coefficient (Wildman–Crippen LogP) is 0.198. The van der Waals surface area contributed by atoms with Crippen LogP contribution < -0.4 is 16.1 Å². The molecule has 124 valence electrons. The van der Waals surface area contributed by atoms with Crippen molar-refractivity contribution in [3.05, 3.63) is 62.4 Å². The molecule has 1 aromatic carbocycles. The van der Waals surface area contributed by atoms with Gasteiger partial charge in [0.1, 0.15) is 5.69 Å². The fourth-order valence-corrected chi connectivity index (χ4v) is 2.80. The highest BCUT2D eigenvalue weighted by atomic mass is 16.5. The van der Waals surface area contributed by atoms with Crippen LogP contribution in [0.4, 0.5) is 5.69 Å². The zero-order valence-corrected chi connectivity index (χ0v) is 12.9. The number of benzene rings is 1. The van der Waals surface area contributed by atoms with E-state index in [4.69, 9.17) is 4.74 Å². The van der Waals surface area contributed by atoms with Crippen LogP contribution in [-0.4, -0.2) is 34.5 Å². The molecule has 1 atom stereocenters. The highest BCUT2D eigenvalue weighted by Crippen LogP contribution is 2.31. The molecule has 0 fully saturated rings. The van der Waals surface area contributed by atoms with Crippen molar-refractivity contribution in [3.63, 3.8) is 0 Å². The molecule has 0 unspecified atom stereocenters. The van der Waals surface area contributed by atoms with Gasteiger partial charge in [-0.15, -0.1) is 0 Å². The zero-order valence-electron chi connectivity index (χ0n) is 12.9. The lowest BCUT2D eigenvalue weighted by Gasteiger charge is -2.22. The molecule has 1 aliphatic rings. The van der Waals surface area contributed by atoms with Crippen molar-refractivity contribution < 1.29 is 14.3 Å². The number of carbonyl (C=O) groups is 2. The third-order valence-electron chi connectivity index (χ3n) is 3.78. The van der Waals surface area contributed by atoms with Crippen LogP contribution in [-0.2, 0) is 16.0 Å². The minimum absolute atomic E-state index is 0.0343. The molecule has 2 heterocycles. The Labute approximate surface area is 136 Å². The molecule has 8 heteroatoms. The summed E-state index contributed by atoms with van der Waals surface area (Å²) in [6.07, 6.45) is 0.733.